The number of rotatable bonds is 2. The molecule has 0 aliphatic rings. The third-order valence-corrected chi connectivity index (χ3v) is 0.614. The lowest BCUT2D eigenvalue weighted by Crippen LogP contribution is -2.42. The number of hydrogen-bond acceptors (Lipinski definition) is 3. The molecule has 0 atom stereocenters. The second kappa shape index (κ2) is 5.90. The maximum Gasteiger partial charge on any atom is 0.466 e. The van der Waals surface area contributed by atoms with Gasteiger partial charge in [-0.25, -0.2) is 4.57 Å². The molecule has 0 aromatic carbocycles. The average Bonchev–Trinajstić information content (AvgIpc) is 1.79. The standard InChI is InChI=1S/C6H11NO2.H3O4P/c1-4-5(8)7-6(2,3)9;1-5(2,3)4/h4,9H,1H2,2-3H3,(H,7,8);(H3,1,2,3,4). The molecule has 0 aliphatic carbocycles. The van der Waals surface area contributed by atoms with E-state index >= 15 is 0 Å². The van der Waals surface area contributed by atoms with Crippen LogP contribution < -0.4 is 5.32 Å². The van der Waals surface area contributed by atoms with Gasteiger partial charge < -0.3 is 25.1 Å². The SMILES string of the molecule is C=CC(=O)NC(C)(C)O.O=P(O)(O)O. The van der Waals surface area contributed by atoms with Crippen molar-refractivity contribution in [1.82, 2.24) is 5.32 Å². The van der Waals surface area contributed by atoms with Crippen molar-refractivity contribution in [2.45, 2.75) is 19.6 Å². The number of carbonyl (C=O) groups is 1. The summed E-state index contributed by atoms with van der Waals surface area (Å²) in [6, 6.07) is 0. The van der Waals surface area contributed by atoms with E-state index in [1.807, 2.05) is 0 Å². The molecule has 0 bridgehead atoms. The summed E-state index contributed by atoms with van der Waals surface area (Å²) in [5.74, 6) is -0.373. The zero-order valence-corrected chi connectivity index (χ0v) is 8.73. The number of nitrogens with one attached hydrogen (secondary N) is 1. The highest BCUT2D eigenvalue weighted by atomic mass is 31.2. The van der Waals surface area contributed by atoms with Gasteiger partial charge in [-0.05, 0) is 19.9 Å². The molecule has 0 spiro atoms. The summed E-state index contributed by atoms with van der Waals surface area (Å²) in [4.78, 5) is 32.0. The van der Waals surface area contributed by atoms with Crippen molar-refractivity contribution in [3.63, 3.8) is 0 Å². The van der Waals surface area contributed by atoms with Crippen molar-refractivity contribution >= 4 is 13.7 Å². The van der Waals surface area contributed by atoms with Crippen LogP contribution in [0.5, 0.6) is 0 Å². The van der Waals surface area contributed by atoms with Crippen molar-refractivity contribution in [3.05, 3.63) is 12.7 Å². The average molecular weight is 227 g/mol. The Morgan fingerprint density at radius 3 is 1.79 bits per heavy atom. The highest BCUT2D eigenvalue weighted by Crippen LogP contribution is 2.25. The zero-order chi connectivity index (χ0) is 12.0. The Bertz CT molecular complexity index is 231. The third kappa shape index (κ3) is 30.2. The smallest absolute Gasteiger partial charge is 0.372 e. The molecular formula is C6H14NO6P. The molecule has 0 unspecified atom stereocenters. The first-order valence-electron chi connectivity index (χ1n) is 3.41. The molecule has 0 fully saturated rings. The molecule has 0 aliphatic heterocycles. The van der Waals surface area contributed by atoms with E-state index in [0.717, 1.165) is 6.08 Å². The number of carbonyl (C=O) groups excluding carboxylic acids is 1. The number of phosphoric acid groups is 1. The monoisotopic (exact) mass is 227 g/mol. The minimum Gasteiger partial charge on any atom is -0.372 e. The van der Waals surface area contributed by atoms with Gasteiger partial charge in [0.25, 0.3) is 0 Å². The van der Waals surface area contributed by atoms with E-state index in [1.165, 1.54) is 13.8 Å². The lowest BCUT2D eigenvalue weighted by atomic mass is 10.3. The first kappa shape index (κ1) is 15.7. The van der Waals surface area contributed by atoms with Gasteiger partial charge in [0.2, 0.25) is 5.91 Å². The zero-order valence-electron chi connectivity index (χ0n) is 7.84. The molecule has 1 amide bonds. The topological polar surface area (TPSA) is 127 Å². The molecule has 8 heteroatoms. The molecule has 0 heterocycles. The molecule has 84 valence electrons. The third-order valence-electron chi connectivity index (χ3n) is 0.614. The predicted molar refractivity (Wildman–Crippen MR) is 48.9 cm³/mol. The van der Waals surface area contributed by atoms with Gasteiger partial charge in [0, 0.05) is 0 Å². The first-order chi connectivity index (χ1) is 5.95. The molecule has 0 saturated carbocycles. The molecule has 0 aromatic heterocycles. The van der Waals surface area contributed by atoms with Gasteiger partial charge in [0.15, 0.2) is 0 Å². The Balaban J connectivity index is 0. The van der Waals surface area contributed by atoms with Gasteiger partial charge in [-0.3, -0.25) is 4.79 Å². The van der Waals surface area contributed by atoms with E-state index in [1.54, 1.807) is 0 Å². The maximum atomic E-state index is 10.4. The highest BCUT2D eigenvalue weighted by molar-refractivity contribution is 7.45. The van der Waals surface area contributed by atoms with Crippen molar-refractivity contribution in [2.24, 2.45) is 0 Å². The van der Waals surface area contributed by atoms with Crippen molar-refractivity contribution in [3.8, 4) is 0 Å². The Morgan fingerprint density at radius 2 is 1.71 bits per heavy atom. The minimum atomic E-state index is -4.64. The van der Waals surface area contributed by atoms with Crippen LogP contribution in [0.3, 0.4) is 0 Å². The molecule has 5 N–H and O–H groups in total. The van der Waals surface area contributed by atoms with Crippen molar-refractivity contribution in [1.29, 1.82) is 0 Å². The molecule has 0 aromatic rings. The van der Waals surface area contributed by atoms with Gasteiger partial charge in [-0.15, -0.1) is 0 Å². The van der Waals surface area contributed by atoms with Crippen LogP contribution in [0.2, 0.25) is 0 Å². The van der Waals surface area contributed by atoms with Crippen LogP contribution in [-0.2, 0) is 9.36 Å². The van der Waals surface area contributed by atoms with Crippen molar-refractivity contribution < 1.29 is 29.1 Å². The van der Waals surface area contributed by atoms with Gasteiger partial charge in [0.05, 0.1) is 0 Å². The minimum absolute atomic E-state index is 0.373. The Kier molecular flexibility index (Phi) is 6.63. The van der Waals surface area contributed by atoms with Crippen LogP contribution in [0, 0.1) is 0 Å². The quantitative estimate of drug-likeness (QED) is 0.236. The second-order valence-corrected chi connectivity index (χ2v) is 3.79. The Labute approximate surface area is 81.3 Å². The van der Waals surface area contributed by atoms with E-state index in [4.69, 9.17) is 24.4 Å². The first-order valence-corrected chi connectivity index (χ1v) is 4.97. The van der Waals surface area contributed by atoms with Crippen LogP contribution >= 0.6 is 7.82 Å². The van der Waals surface area contributed by atoms with E-state index in [-0.39, 0.29) is 5.91 Å². The van der Waals surface area contributed by atoms with Crippen LogP contribution in [0.1, 0.15) is 13.8 Å². The molecule has 7 nitrogen and oxygen atoms in total. The summed E-state index contributed by atoms with van der Waals surface area (Å²) in [5, 5.41) is 11.2. The van der Waals surface area contributed by atoms with Gasteiger partial charge in [-0.1, -0.05) is 6.58 Å². The molecular weight excluding hydrogens is 213 g/mol. The van der Waals surface area contributed by atoms with Crippen LogP contribution in [0.25, 0.3) is 0 Å². The predicted octanol–water partition coefficient (Wildman–Crippen LogP) is -0.912. The van der Waals surface area contributed by atoms with Gasteiger partial charge >= 0.3 is 7.82 Å². The molecule has 0 radical (unpaired) electrons. The van der Waals surface area contributed by atoms with Gasteiger partial charge in [0.1, 0.15) is 5.72 Å². The summed E-state index contributed by atoms with van der Waals surface area (Å²) >= 11 is 0. The fourth-order valence-corrected chi connectivity index (χ4v) is 0.353. The second-order valence-electron chi connectivity index (χ2n) is 2.77. The normalized spacial score (nSPS) is 11.0. The molecule has 14 heavy (non-hydrogen) atoms. The van der Waals surface area contributed by atoms with Crippen LogP contribution in [-0.4, -0.2) is 31.4 Å². The molecule has 0 rings (SSSR count). The van der Waals surface area contributed by atoms with E-state index in [0.29, 0.717) is 0 Å². The lowest BCUT2D eigenvalue weighted by Gasteiger charge is -2.17. The Hall–Kier alpha value is -0.720. The van der Waals surface area contributed by atoms with Crippen LogP contribution in [0.15, 0.2) is 12.7 Å². The Morgan fingerprint density at radius 1 is 1.43 bits per heavy atom. The highest BCUT2D eigenvalue weighted by Gasteiger charge is 2.12. The van der Waals surface area contributed by atoms with Crippen LogP contribution in [0.4, 0.5) is 0 Å². The largest absolute Gasteiger partial charge is 0.466 e. The number of hydrogen-bond donors (Lipinski definition) is 5. The van der Waals surface area contributed by atoms with Gasteiger partial charge in [-0.2, -0.15) is 0 Å². The lowest BCUT2D eigenvalue weighted by molar-refractivity contribution is -0.122. The maximum absolute atomic E-state index is 10.4. The number of aliphatic hydroxyl groups is 1. The summed E-state index contributed by atoms with van der Waals surface area (Å²) in [5.41, 5.74) is -1.15. The van der Waals surface area contributed by atoms with E-state index in [2.05, 4.69) is 11.9 Å². The van der Waals surface area contributed by atoms with Crippen molar-refractivity contribution in [2.75, 3.05) is 0 Å². The summed E-state index contributed by atoms with van der Waals surface area (Å²) in [6.45, 7) is 6.18. The van der Waals surface area contributed by atoms with E-state index in [9.17, 15) is 4.79 Å². The summed E-state index contributed by atoms with van der Waals surface area (Å²) in [6.07, 6.45) is 1.11. The molecule has 0 saturated heterocycles. The summed E-state index contributed by atoms with van der Waals surface area (Å²) < 4.78 is 8.88. The van der Waals surface area contributed by atoms with E-state index < -0.39 is 13.5 Å². The summed E-state index contributed by atoms with van der Waals surface area (Å²) in [7, 11) is -4.64. The fraction of sp³-hybridized carbons (Fsp3) is 0.500. The number of amides is 1. The fourth-order valence-electron chi connectivity index (χ4n) is 0.353.